The van der Waals surface area contributed by atoms with Gasteiger partial charge in [0.2, 0.25) is 5.91 Å². The Morgan fingerprint density at radius 2 is 2.22 bits per heavy atom. The van der Waals surface area contributed by atoms with Crippen molar-refractivity contribution in [3.05, 3.63) is 35.4 Å². The van der Waals surface area contributed by atoms with Crippen LogP contribution in [0.15, 0.2) is 24.3 Å². The molecule has 2 rings (SSSR count). The van der Waals surface area contributed by atoms with E-state index in [0.29, 0.717) is 6.42 Å². The van der Waals surface area contributed by atoms with Gasteiger partial charge in [-0.25, -0.2) is 0 Å². The zero-order valence-corrected chi connectivity index (χ0v) is 10.7. The van der Waals surface area contributed by atoms with Gasteiger partial charge in [0.1, 0.15) is 6.61 Å². The van der Waals surface area contributed by atoms with Gasteiger partial charge in [-0.2, -0.15) is 0 Å². The highest BCUT2D eigenvalue weighted by Crippen LogP contribution is 2.30. The second-order valence-corrected chi connectivity index (χ2v) is 4.88. The fourth-order valence-corrected chi connectivity index (χ4v) is 2.21. The van der Waals surface area contributed by atoms with Crippen molar-refractivity contribution in [3.8, 4) is 0 Å². The number of rotatable bonds is 4. The van der Waals surface area contributed by atoms with Crippen LogP contribution in [0.3, 0.4) is 0 Å². The number of fused-ring (bicyclic) bond motifs is 1. The Balaban J connectivity index is 1.99. The van der Waals surface area contributed by atoms with E-state index in [0.717, 1.165) is 11.1 Å². The molecule has 1 aliphatic rings. The van der Waals surface area contributed by atoms with Crippen molar-refractivity contribution in [2.75, 3.05) is 6.61 Å². The minimum Gasteiger partial charge on any atom is -0.390 e. The molecule has 0 saturated heterocycles. The second-order valence-electron chi connectivity index (χ2n) is 4.88. The number of carbonyl (C=O) groups excluding carboxylic acids is 1. The highest BCUT2D eigenvalue weighted by molar-refractivity contribution is 5.78. The molecule has 1 amide bonds. The van der Waals surface area contributed by atoms with Crippen LogP contribution in [0, 0.1) is 0 Å². The van der Waals surface area contributed by atoms with Gasteiger partial charge in [0.15, 0.2) is 0 Å². The number of aliphatic hydroxyl groups is 1. The molecule has 98 valence electrons. The highest BCUT2D eigenvalue weighted by atomic mass is 16.5. The summed E-state index contributed by atoms with van der Waals surface area (Å²) in [6.07, 6.45) is 0.0635. The van der Waals surface area contributed by atoms with E-state index in [-0.39, 0.29) is 24.7 Å². The fourth-order valence-electron chi connectivity index (χ4n) is 2.21. The van der Waals surface area contributed by atoms with E-state index in [4.69, 9.17) is 4.74 Å². The predicted octanol–water partition coefficient (Wildman–Crippen LogP) is 1.19. The predicted molar refractivity (Wildman–Crippen MR) is 68.1 cm³/mol. The quantitative estimate of drug-likeness (QED) is 0.842. The first-order valence-electron chi connectivity index (χ1n) is 6.24. The van der Waals surface area contributed by atoms with E-state index in [1.807, 2.05) is 38.1 Å². The molecular weight excluding hydrogens is 230 g/mol. The molecule has 18 heavy (non-hydrogen) atoms. The van der Waals surface area contributed by atoms with Gasteiger partial charge in [-0.05, 0) is 25.0 Å². The van der Waals surface area contributed by atoms with E-state index in [1.54, 1.807) is 0 Å². The molecule has 0 heterocycles. The normalized spacial score (nSPS) is 22.0. The lowest BCUT2D eigenvalue weighted by Crippen LogP contribution is -2.36. The van der Waals surface area contributed by atoms with Crippen LogP contribution in [-0.4, -0.2) is 29.8 Å². The number of carbonyl (C=O) groups is 1. The summed E-state index contributed by atoms with van der Waals surface area (Å²) in [5.74, 6) is -0.190. The van der Waals surface area contributed by atoms with Crippen LogP contribution in [0.2, 0.25) is 0 Å². The Morgan fingerprint density at radius 3 is 2.94 bits per heavy atom. The number of hydrogen-bond donors (Lipinski definition) is 2. The van der Waals surface area contributed by atoms with Crippen LogP contribution in [0.4, 0.5) is 0 Å². The molecule has 2 N–H and O–H groups in total. The van der Waals surface area contributed by atoms with E-state index < -0.39 is 6.10 Å². The number of nitrogens with one attached hydrogen (secondary N) is 1. The Hall–Kier alpha value is -1.39. The average Bonchev–Trinajstić information content (AvgIpc) is 2.64. The third-order valence-corrected chi connectivity index (χ3v) is 3.07. The van der Waals surface area contributed by atoms with Crippen molar-refractivity contribution < 1.29 is 14.6 Å². The Morgan fingerprint density at radius 1 is 1.50 bits per heavy atom. The van der Waals surface area contributed by atoms with Gasteiger partial charge in [0.05, 0.1) is 18.2 Å². The number of ether oxygens (including phenoxy) is 1. The topological polar surface area (TPSA) is 58.6 Å². The van der Waals surface area contributed by atoms with Gasteiger partial charge in [-0.1, -0.05) is 24.3 Å². The molecule has 0 saturated carbocycles. The molecule has 0 aliphatic heterocycles. The van der Waals surface area contributed by atoms with E-state index >= 15 is 0 Å². The first-order valence-corrected chi connectivity index (χ1v) is 6.24. The maximum Gasteiger partial charge on any atom is 0.246 e. The summed E-state index contributed by atoms with van der Waals surface area (Å²) in [4.78, 5) is 11.7. The number of amides is 1. The lowest BCUT2D eigenvalue weighted by atomic mass is 10.1. The summed E-state index contributed by atoms with van der Waals surface area (Å²) >= 11 is 0. The molecule has 0 unspecified atom stereocenters. The first-order chi connectivity index (χ1) is 8.58. The summed E-state index contributed by atoms with van der Waals surface area (Å²) < 4.78 is 5.24. The minimum absolute atomic E-state index is 0.0246. The fraction of sp³-hybridized carbons (Fsp3) is 0.500. The van der Waals surface area contributed by atoms with Crippen LogP contribution in [0.5, 0.6) is 0 Å². The van der Waals surface area contributed by atoms with Crippen LogP contribution in [0.25, 0.3) is 0 Å². The molecule has 1 aliphatic carbocycles. The molecule has 0 spiro atoms. The van der Waals surface area contributed by atoms with Crippen molar-refractivity contribution >= 4 is 5.91 Å². The third-order valence-electron chi connectivity index (χ3n) is 3.07. The first kappa shape index (κ1) is 13.1. The maximum absolute atomic E-state index is 11.7. The number of benzene rings is 1. The van der Waals surface area contributed by atoms with Crippen LogP contribution in [-0.2, 0) is 16.0 Å². The largest absolute Gasteiger partial charge is 0.390 e. The van der Waals surface area contributed by atoms with Gasteiger partial charge in [0.25, 0.3) is 0 Å². The maximum atomic E-state index is 11.7. The smallest absolute Gasteiger partial charge is 0.246 e. The van der Waals surface area contributed by atoms with Crippen LogP contribution in [0.1, 0.15) is 31.0 Å². The highest BCUT2D eigenvalue weighted by Gasteiger charge is 2.31. The Bertz CT molecular complexity index is 431. The van der Waals surface area contributed by atoms with Crippen molar-refractivity contribution in [2.45, 2.75) is 38.5 Å². The SMILES string of the molecule is CC(C)OCC(=O)N[C@@H]1c2ccccc2C[C@@H]1O. The second kappa shape index (κ2) is 5.50. The van der Waals surface area contributed by atoms with Gasteiger partial charge >= 0.3 is 0 Å². The standard InChI is InChI=1S/C14H19NO3/c1-9(2)18-8-13(17)15-14-11-6-4-3-5-10(11)7-12(14)16/h3-6,9,12,14,16H,7-8H2,1-2H3,(H,15,17)/t12-,14+/m0/s1. The van der Waals surface area contributed by atoms with Gasteiger partial charge in [0, 0.05) is 6.42 Å². The molecule has 0 fully saturated rings. The summed E-state index contributed by atoms with van der Waals surface area (Å²) in [5.41, 5.74) is 2.10. The molecule has 0 bridgehead atoms. The number of aliphatic hydroxyl groups excluding tert-OH is 1. The molecular formula is C14H19NO3. The van der Waals surface area contributed by atoms with Crippen LogP contribution < -0.4 is 5.32 Å². The van der Waals surface area contributed by atoms with E-state index in [9.17, 15) is 9.90 Å². The van der Waals surface area contributed by atoms with Crippen molar-refractivity contribution in [3.63, 3.8) is 0 Å². The van der Waals surface area contributed by atoms with Crippen molar-refractivity contribution in [1.82, 2.24) is 5.32 Å². The lowest BCUT2D eigenvalue weighted by Gasteiger charge is -2.18. The van der Waals surface area contributed by atoms with Gasteiger partial charge < -0.3 is 15.2 Å². The Kier molecular flexibility index (Phi) is 3.99. The zero-order valence-electron chi connectivity index (χ0n) is 10.7. The lowest BCUT2D eigenvalue weighted by molar-refractivity contribution is -0.128. The monoisotopic (exact) mass is 249 g/mol. The van der Waals surface area contributed by atoms with E-state index in [2.05, 4.69) is 5.32 Å². The minimum atomic E-state index is -0.551. The molecule has 4 heteroatoms. The average molecular weight is 249 g/mol. The summed E-state index contributed by atoms with van der Waals surface area (Å²) in [6.45, 7) is 3.79. The number of hydrogen-bond acceptors (Lipinski definition) is 3. The molecule has 2 atom stereocenters. The zero-order chi connectivity index (χ0) is 13.1. The van der Waals surface area contributed by atoms with Crippen molar-refractivity contribution in [2.24, 2.45) is 0 Å². The van der Waals surface area contributed by atoms with Crippen molar-refractivity contribution in [1.29, 1.82) is 0 Å². The molecule has 0 radical (unpaired) electrons. The molecule has 1 aromatic rings. The Labute approximate surface area is 107 Å². The van der Waals surface area contributed by atoms with Crippen LogP contribution >= 0.6 is 0 Å². The summed E-state index contributed by atoms with van der Waals surface area (Å²) in [6, 6.07) is 7.47. The van der Waals surface area contributed by atoms with Gasteiger partial charge in [-0.3, -0.25) is 4.79 Å². The summed E-state index contributed by atoms with van der Waals surface area (Å²) in [7, 11) is 0. The molecule has 4 nitrogen and oxygen atoms in total. The molecule has 0 aromatic heterocycles. The third kappa shape index (κ3) is 2.89. The van der Waals surface area contributed by atoms with Gasteiger partial charge in [-0.15, -0.1) is 0 Å². The molecule has 1 aromatic carbocycles. The van der Waals surface area contributed by atoms with E-state index in [1.165, 1.54) is 0 Å². The summed E-state index contributed by atoms with van der Waals surface area (Å²) in [5, 5.41) is 12.8.